The van der Waals surface area contributed by atoms with Gasteiger partial charge in [-0.05, 0) is 13.8 Å². The number of likely N-dealkylation sites (N-methyl/N-ethyl adjacent to an activating group) is 1. The Hall–Kier alpha value is -1.56. The molecule has 0 spiro atoms. The predicted molar refractivity (Wildman–Crippen MR) is 79.8 cm³/mol. The summed E-state index contributed by atoms with van der Waals surface area (Å²) in [6.07, 6.45) is 3.79. The van der Waals surface area contributed by atoms with Crippen LogP contribution in [0.1, 0.15) is 13.8 Å². The summed E-state index contributed by atoms with van der Waals surface area (Å²) < 4.78 is 2.04. The molecule has 1 aromatic rings. The van der Waals surface area contributed by atoms with Crippen molar-refractivity contribution in [2.75, 3.05) is 50.7 Å². The maximum Gasteiger partial charge on any atom is 0.236 e. The highest BCUT2D eigenvalue weighted by Crippen LogP contribution is 2.12. The van der Waals surface area contributed by atoms with Crippen LogP contribution in [0.3, 0.4) is 0 Å². The van der Waals surface area contributed by atoms with Crippen molar-refractivity contribution < 1.29 is 4.79 Å². The molecule has 1 aliphatic heterocycles. The highest BCUT2D eigenvalue weighted by molar-refractivity contribution is 5.78. The van der Waals surface area contributed by atoms with Crippen molar-refractivity contribution in [3.05, 3.63) is 12.4 Å². The molecule has 1 aliphatic rings. The first-order valence-electron chi connectivity index (χ1n) is 7.38. The first-order chi connectivity index (χ1) is 9.65. The lowest BCUT2D eigenvalue weighted by atomic mass is 10.3. The number of hydrogen-bond acceptors (Lipinski definition) is 4. The van der Waals surface area contributed by atoms with Crippen LogP contribution in [0, 0.1) is 0 Å². The predicted octanol–water partition coefficient (Wildman–Crippen LogP) is 0.410. The number of nitrogens with zero attached hydrogens (tertiary/aromatic N) is 5. The van der Waals surface area contributed by atoms with Crippen LogP contribution in [0.25, 0.3) is 0 Å². The lowest BCUT2D eigenvalue weighted by Gasteiger charge is -2.35. The van der Waals surface area contributed by atoms with Gasteiger partial charge in [0.15, 0.2) is 0 Å². The zero-order valence-corrected chi connectivity index (χ0v) is 12.7. The molecule has 6 nitrogen and oxygen atoms in total. The van der Waals surface area contributed by atoms with Gasteiger partial charge in [0.05, 0.1) is 6.54 Å². The van der Waals surface area contributed by atoms with Gasteiger partial charge >= 0.3 is 0 Å². The number of anilines is 1. The van der Waals surface area contributed by atoms with Crippen molar-refractivity contribution in [1.82, 2.24) is 19.4 Å². The van der Waals surface area contributed by atoms with Crippen LogP contribution in [0.2, 0.25) is 0 Å². The molecule has 0 saturated carbocycles. The van der Waals surface area contributed by atoms with Crippen LogP contribution in [-0.2, 0) is 11.8 Å². The van der Waals surface area contributed by atoms with E-state index in [2.05, 4.69) is 14.8 Å². The number of hydrogen-bond donors (Lipinski definition) is 0. The van der Waals surface area contributed by atoms with E-state index in [1.165, 1.54) is 0 Å². The summed E-state index contributed by atoms with van der Waals surface area (Å²) in [6, 6.07) is 0. The third kappa shape index (κ3) is 3.30. The summed E-state index contributed by atoms with van der Waals surface area (Å²) in [5.41, 5.74) is 0. The van der Waals surface area contributed by atoms with Gasteiger partial charge in [-0.2, -0.15) is 0 Å². The van der Waals surface area contributed by atoms with Gasteiger partial charge in [0.1, 0.15) is 0 Å². The SMILES string of the molecule is CCN(CC)C(=O)CN1CCN(c2nccn2C)CC1. The molecule has 112 valence electrons. The number of amides is 1. The molecular formula is C14H25N5O. The molecular weight excluding hydrogens is 254 g/mol. The summed E-state index contributed by atoms with van der Waals surface area (Å²) >= 11 is 0. The molecule has 0 unspecified atom stereocenters. The van der Waals surface area contributed by atoms with Gasteiger partial charge in [0, 0.05) is 58.7 Å². The summed E-state index contributed by atoms with van der Waals surface area (Å²) in [5.74, 6) is 1.25. The largest absolute Gasteiger partial charge is 0.342 e. The fourth-order valence-electron chi connectivity index (χ4n) is 2.64. The van der Waals surface area contributed by atoms with E-state index in [0.717, 1.165) is 45.2 Å². The average Bonchev–Trinajstić information content (AvgIpc) is 2.87. The zero-order chi connectivity index (χ0) is 14.5. The third-order valence-electron chi connectivity index (χ3n) is 3.93. The molecule has 0 aromatic carbocycles. The maximum atomic E-state index is 12.1. The van der Waals surface area contributed by atoms with Crippen molar-refractivity contribution in [2.45, 2.75) is 13.8 Å². The second-order valence-electron chi connectivity index (χ2n) is 5.17. The molecule has 1 saturated heterocycles. The van der Waals surface area contributed by atoms with E-state index in [4.69, 9.17) is 0 Å². The molecule has 2 rings (SSSR count). The molecule has 1 amide bonds. The van der Waals surface area contributed by atoms with E-state index in [1.54, 1.807) is 0 Å². The Labute approximate surface area is 121 Å². The van der Waals surface area contributed by atoms with Crippen LogP contribution >= 0.6 is 0 Å². The summed E-state index contributed by atoms with van der Waals surface area (Å²) in [4.78, 5) is 22.9. The van der Waals surface area contributed by atoms with Crippen molar-refractivity contribution in [3.8, 4) is 0 Å². The van der Waals surface area contributed by atoms with Crippen LogP contribution in [0.4, 0.5) is 5.95 Å². The number of carbonyl (C=O) groups is 1. The maximum absolute atomic E-state index is 12.1. The Kier molecular flexibility index (Phi) is 5.00. The van der Waals surface area contributed by atoms with Crippen LogP contribution in [0.15, 0.2) is 12.4 Å². The molecule has 0 bridgehead atoms. The Bertz CT molecular complexity index is 433. The lowest BCUT2D eigenvalue weighted by molar-refractivity contribution is -0.132. The van der Waals surface area contributed by atoms with Crippen molar-refractivity contribution in [1.29, 1.82) is 0 Å². The molecule has 0 radical (unpaired) electrons. The second kappa shape index (κ2) is 6.74. The van der Waals surface area contributed by atoms with Gasteiger partial charge in [-0.15, -0.1) is 0 Å². The normalized spacial score (nSPS) is 16.4. The number of imidazole rings is 1. The van der Waals surface area contributed by atoms with Crippen LogP contribution in [0.5, 0.6) is 0 Å². The van der Waals surface area contributed by atoms with E-state index in [-0.39, 0.29) is 5.91 Å². The van der Waals surface area contributed by atoms with Gasteiger partial charge < -0.3 is 14.4 Å². The van der Waals surface area contributed by atoms with E-state index in [9.17, 15) is 4.79 Å². The van der Waals surface area contributed by atoms with E-state index < -0.39 is 0 Å². The quantitative estimate of drug-likeness (QED) is 0.783. The van der Waals surface area contributed by atoms with E-state index in [1.807, 2.05) is 42.8 Å². The van der Waals surface area contributed by atoms with Crippen molar-refractivity contribution in [2.24, 2.45) is 7.05 Å². The van der Waals surface area contributed by atoms with Crippen LogP contribution < -0.4 is 4.90 Å². The van der Waals surface area contributed by atoms with Crippen LogP contribution in [-0.4, -0.2) is 71.1 Å². The molecule has 1 aromatic heterocycles. The Balaban J connectivity index is 1.83. The summed E-state index contributed by atoms with van der Waals surface area (Å²) in [6.45, 7) is 9.87. The Morgan fingerprint density at radius 2 is 1.90 bits per heavy atom. The van der Waals surface area contributed by atoms with Crippen molar-refractivity contribution in [3.63, 3.8) is 0 Å². The van der Waals surface area contributed by atoms with Gasteiger partial charge in [-0.1, -0.05) is 0 Å². The van der Waals surface area contributed by atoms with E-state index in [0.29, 0.717) is 6.54 Å². The minimum Gasteiger partial charge on any atom is -0.342 e. The summed E-state index contributed by atoms with van der Waals surface area (Å²) in [5, 5.41) is 0. The van der Waals surface area contributed by atoms with Gasteiger partial charge in [-0.3, -0.25) is 9.69 Å². The third-order valence-corrected chi connectivity index (χ3v) is 3.93. The number of carbonyl (C=O) groups excluding carboxylic acids is 1. The standard InChI is InChI=1S/C14H25N5O/c1-4-18(5-2)13(20)12-17-8-10-19(11-9-17)14-15-6-7-16(14)3/h6-7H,4-5,8-12H2,1-3H3. The summed E-state index contributed by atoms with van der Waals surface area (Å²) in [7, 11) is 2.01. The molecule has 20 heavy (non-hydrogen) atoms. The lowest BCUT2D eigenvalue weighted by Crippen LogP contribution is -2.50. The average molecular weight is 279 g/mol. The molecule has 1 fully saturated rings. The molecule has 0 atom stereocenters. The molecule has 0 aliphatic carbocycles. The molecule has 6 heteroatoms. The highest BCUT2D eigenvalue weighted by atomic mass is 16.2. The fourth-order valence-corrected chi connectivity index (χ4v) is 2.64. The van der Waals surface area contributed by atoms with Crippen molar-refractivity contribution >= 4 is 11.9 Å². The number of piperazine rings is 1. The smallest absolute Gasteiger partial charge is 0.236 e. The zero-order valence-electron chi connectivity index (χ0n) is 12.7. The Morgan fingerprint density at radius 1 is 1.25 bits per heavy atom. The van der Waals surface area contributed by atoms with E-state index >= 15 is 0 Å². The number of rotatable bonds is 5. The highest BCUT2D eigenvalue weighted by Gasteiger charge is 2.22. The fraction of sp³-hybridized carbons (Fsp3) is 0.714. The molecule has 0 N–H and O–H groups in total. The monoisotopic (exact) mass is 279 g/mol. The minimum absolute atomic E-state index is 0.237. The number of aryl methyl sites for hydroxylation is 1. The second-order valence-corrected chi connectivity index (χ2v) is 5.17. The first-order valence-corrected chi connectivity index (χ1v) is 7.38. The van der Waals surface area contributed by atoms with Gasteiger partial charge in [0.2, 0.25) is 11.9 Å². The molecule has 2 heterocycles. The number of aromatic nitrogens is 2. The minimum atomic E-state index is 0.237. The topological polar surface area (TPSA) is 44.6 Å². The van der Waals surface area contributed by atoms with Gasteiger partial charge in [0.25, 0.3) is 0 Å². The first kappa shape index (κ1) is 14.8. The van der Waals surface area contributed by atoms with Gasteiger partial charge in [-0.25, -0.2) is 4.98 Å². The Morgan fingerprint density at radius 3 is 2.40 bits per heavy atom.